The van der Waals surface area contributed by atoms with Crippen LogP contribution in [-0.4, -0.2) is 31.9 Å². The first-order chi connectivity index (χ1) is 10.5. The number of rotatable bonds is 2. The molecule has 0 aromatic rings. The summed E-state index contributed by atoms with van der Waals surface area (Å²) in [5, 5.41) is 0. The van der Waals surface area contributed by atoms with Gasteiger partial charge in [0.2, 0.25) is 0 Å². The molecule has 3 rings (SSSR count). The lowest BCUT2D eigenvalue weighted by Crippen LogP contribution is -2.40. The molecule has 120 valence electrons. The van der Waals surface area contributed by atoms with E-state index in [1.165, 1.54) is 19.8 Å². The van der Waals surface area contributed by atoms with Gasteiger partial charge in [-0.2, -0.15) is 0 Å². The first kappa shape index (κ1) is 15.3. The summed E-state index contributed by atoms with van der Waals surface area (Å²) in [5.41, 5.74) is 1.09. The molecule has 1 fully saturated rings. The van der Waals surface area contributed by atoms with E-state index in [9.17, 15) is 14.4 Å². The molecule has 0 saturated heterocycles. The molecule has 0 radical (unpaired) electrons. The van der Waals surface area contributed by atoms with Gasteiger partial charge >= 0.3 is 11.9 Å². The lowest BCUT2D eigenvalue weighted by Gasteiger charge is -2.36. The minimum atomic E-state index is -1.23. The van der Waals surface area contributed by atoms with Crippen molar-refractivity contribution in [2.45, 2.75) is 44.9 Å². The number of Topliss-reactive ketones (excluding diaryl/α,β-unsaturated/α-hetero) is 1. The topological polar surface area (TPSA) is 69.7 Å². The predicted octanol–water partition coefficient (Wildman–Crippen LogP) is 2.19. The lowest BCUT2D eigenvalue weighted by molar-refractivity contribution is -0.168. The molecule has 0 heterocycles. The molecule has 1 saturated carbocycles. The van der Waals surface area contributed by atoms with Gasteiger partial charge in [0.25, 0.3) is 0 Å². The number of ether oxygens (including phenoxy) is 2. The summed E-state index contributed by atoms with van der Waals surface area (Å²) in [6.07, 6.45) is 4.95. The maximum absolute atomic E-state index is 12.3. The van der Waals surface area contributed by atoms with Crippen LogP contribution in [0.1, 0.15) is 44.9 Å². The van der Waals surface area contributed by atoms with Crippen LogP contribution in [0, 0.1) is 17.3 Å². The number of carbonyl (C=O) groups is 3. The third-order valence-electron chi connectivity index (χ3n) is 5.66. The largest absolute Gasteiger partial charge is 0.468 e. The number of carbonyl (C=O) groups excluding carboxylic acids is 3. The molecule has 3 aliphatic rings. The van der Waals surface area contributed by atoms with E-state index in [4.69, 9.17) is 9.47 Å². The van der Waals surface area contributed by atoms with E-state index >= 15 is 0 Å². The average Bonchev–Trinajstić information content (AvgIpc) is 2.94. The summed E-state index contributed by atoms with van der Waals surface area (Å²) in [6, 6.07) is 0. The Labute approximate surface area is 130 Å². The van der Waals surface area contributed by atoms with Crippen LogP contribution in [0.5, 0.6) is 0 Å². The van der Waals surface area contributed by atoms with Gasteiger partial charge in [-0.3, -0.25) is 14.4 Å². The quantitative estimate of drug-likeness (QED) is 0.444. The monoisotopic (exact) mass is 306 g/mol. The minimum absolute atomic E-state index is 0.0820. The molecule has 0 aliphatic heterocycles. The van der Waals surface area contributed by atoms with Crippen LogP contribution < -0.4 is 0 Å². The van der Waals surface area contributed by atoms with Gasteiger partial charge in [-0.05, 0) is 44.4 Å². The number of allylic oxidation sites excluding steroid dienone is 2. The van der Waals surface area contributed by atoms with E-state index < -0.39 is 17.4 Å². The van der Waals surface area contributed by atoms with Crippen LogP contribution in [0.15, 0.2) is 11.1 Å². The molecule has 0 aromatic carbocycles. The second-order valence-electron chi connectivity index (χ2n) is 6.66. The fourth-order valence-electron chi connectivity index (χ4n) is 4.61. The first-order valence-corrected chi connectivity index (χ1v) is 7.94. The molecule has 22 heavy (non-hydrogen) atoms. The number of hydrogen-bond donors (Lipinski definition) is 0. The average molecular weight is 306 g/mol. The molecule has 0 amide bonds. The van der Waals surface area contributed by atoms with Gasteiger partial charge in [-0.15, -0.1) is 0 Å². The maximum atomic E-state index is 12.3. The Morgan fingerprint density at radius 2 is 1.68 bits per heavy atom. The highest BCUT2D eigenvalue weighted by Crippen LogP contribution is 2.54. The fraction of sp³-hybridized carbons (Fsp3) is 0.706. The molecule has 0 spiro atoms. The highest BCUT2D eigenvalue weighted by atomic mass is 16.5. The Balaban J connectivity index is 1.93. The number of fused-ring (bicyclic) bond motifs is 2. The third kappa shape index (κ3) is 2.09. The summed E-state index contributed by atoms with van der Waals surface area (Å²) in [4.78, 5) is 36.7. The van der Waals surface area contributed by atoms with Gasteiger partial charge in [0.05, 0.1) is 14.2 Å². The van der Waals surface area contributed by atoms with Gasteiger partial charge in [-0.1, -0.05) is 11.1 Å². The first-order valence-electron chi connectivity index (χ1n) is 7.94. The standard InChI is InChI=1S/C17H22O5/c1-21-15(19)17(16(20)22-2)8-10-6-7-12-11(13(10)9-17)4-3-5-14(12)18/h11-12H,3-9H2,1-2H3/t11-,12-/m1/s1. The van der Waals surface area contributed by atoms with Crippen LogP contribution in [0.4, 0.5) is 0 Å². The second-order valence-corrected chi connectivity index (χ2v) is 6.66. The van der Waals surface area contributed by atoms with Gasteiger partial charge in [0.15, 0.2) is 5.41 Å². The van der Waals surface area contributed by atoms with E-state index in [1.54, 1.807) is 0 Å². The van der Waals surface area contributed by atoms with Gasteiger partial charge < -0.3 is 9.47 Å². The van der Waals surface area contributed by atoms with Crippen LogP contribution in [0.3, 0.4) is 0 Å². The molecular formula is C17H22O5. The lowest BCUT2D eigenvalue weighted by atomic mass is 9.68. The molecule has 3 aliphatic carbocycles. The van der Waals surface area contributed by atoms with Crippen LogP contribution in [0.25, 0.3) is 0 Å². The molecule has 0 bridgehead atoms. The summed E-state index contributed by atoms with van der Waals surface area (Å²) in [5.74, 6) is -0.406. The summed E-state index contributed by atoms with van der Waals surface area (Å²) >= 11 is 0. The van der Waals surface area contributed by atoms with Crippen LogP contribution in [0.2, 0.25) is 0 Å². The van der Waals surface area contributed by atoms with E-state index in [1.807, 2.05) is 0 Å². The van der Waals surface area contributed by atoms with E-state index in [2.05, 4.69) is 0 Å². The van der Waals surface area contributed by atoms with E-state index in [-0.39, 0.29) is 11.8 Å². The molecular weight excluding hydrogens is 284 g/mol. The second kappa shape index (κ2) is 5.52. The van der Waals surface area contributed by atoms with Crippen LogP contribution in [-0.2, 0) is 23.9 Å². The zero-order valence-electron chi connectivity index (χ0n) is 13.1. The number of hydrogen-bond acceptors (Lipinski definition) is 5. The third-order valence-corrected chi connectivity index (χ3v) is 5.66. The highest BCUT2D eigenvalue weighted by Gasteiger charge is 2.56. The Morgan fingerprint density at radius 3 is 2.32 bits per heavy atom. The fourth-order valence-corrected chi connectivity index (χ4v) is 4.61. The van der Waals surface area contributed by atoms with Crippen molar-refractivity contribution < 1.29 is 23.9 Å². The van der Waals surface area contributed by atoms with Crippen molar-refractivity contribution >= 4 is 17.7 Å². The summed E-state index contributed by atoms with van der Waals surface area (Å²) < 4.78 is 9.78. The van der Waals surface area contributed by atoms with Crippen molar-refractivity contribution in [1.29, 1.82) is 0 Å². The van der Waals surface area contributed by atoms with Gasteiger partial charge in [0, 0.05) is 12.3 Å². The molecule has 0 unspecified atom stereocenters. The Kier molecular flexibility index (Phi) is 3.83. The van der Waals surface area contributed by atoms with Gasteiger partial charge in [0.1, 0.15) is 5.78 Å². The normalized spacial score (nSPS) is 29.6. The summed E-state index contributed by atoms with van der Waals surface area (Å²) in [6.45, 7) is 0. The van der Waals surface area contributed by atoms with Crippen molar-refractivity contribution in [2.75, 3.05) is 14.2 Å². The Hall–Kier alpha value is -1.65. The summed E-state index contributed by atoms with van der Waals surface area (Å²) in [7, 11) is 2.61. The SMILES string of the molecule is COC(=O)C1(C(=O)OC)CC2=C(C1)[C@@H]1CCCC(=O)[C@@H]1CC2. The van der Waals surface area contributed by atoms with Gasteiger partial charge in [-0.25, -0.2) is 0 Å². The Morgan fingerprint density at radius 1 is 1.00 bits per heavy atom. The number of esters is 2. The van der Waals surface area contributed by atoms with Crippen molar-refractivity contribution in [3.05, 3.63) is 11.1 Å². The van der Waals surface area contributed by atoms with Crippen molar-refractivity contribution in [3.63, 3.8) is 0 Å². The zero-order valence-corrected chi connectivity index (χ0v) is 13.1. The maximum Gasteiger partial charge on any atom is 0.323 e. The highest BCUT2D eigenvalue weighted by molar-refractivity contribution is 6.01. The zero-order chi connectivity index (χ0) is 15.9. The molecule has 5 heteroatoms. The Bertz CT molecular complexity index is 543. The minimum Gasteiger partial charge on any atom is -0.468 e. The van der Waals surface area contributed by atoms with Crippen molar-refractivity contribution in [2.24, 2.45) is 17.3 Å². The van der Waals surface area contributed by atoms with Crippen molar-refractivity contribution in [1.82, 2.24) is 0 Å². The molecule has 0 N–H and O–H groups in total. The van der Waals surface area contributed by atoms with E-state index in [0.29, 0.717) is 25.0 Å². The smallest absolute Gasteiger partial charge is 0.323 e. The number of methoxy groups -OCH3 is 2. The number of ketones is 1. The van der Waals surface area contributed by atoms with Crippen molar-refractivity contribution in [3.8, 4) is 0 Å². The molecule has 5 nitrogen and oxygen atoms in total. The predicted molar refractivity (Wildman–Crippen MR) is 77.8 cm³/mol. The van der Waals surface area contributed by atoms with E-state index in [0.717, 1.165) is 31.3 Å². The molecule has 0 aromatic heterocycles. The van der Waals surface area contributed by atoms with Crippen LogP contribution >= 0.6 is 0 Å². The molecule has 2 atom stereocenters.